The molecule has 0 radical (unpaired) electrons. The van der Waals surface area contributed by atoms with E-state index in [1.807, 2.05) is 14.0 Å². The van der Waals surface area contributed by atoms with Crippen LogP contribution in [0.1, 0.15) is 13.3 Å². The Morgan fingerprint density at radius 2 is 2.33 bits per heavy atom. The van der Waals surface area contributed by atoms with Crippen molar-refractivity contribution in [1.29, 1.82) is 0 Å². The van der Waals surface area contributed by atoms with Gasteiger partial charge in [0.1, 0.15) is 0 Å². The quantitative estimate of drug-likeness (QED) is 0.445. The van der Waals surface area contributed by atoms with E-state index < -0.39 is 0 Å². The van der Waals surface area contributed by atoms with Crippen LogP contribution in [0.15, 0.2) is 0 Å². The first kappa shape index (κ1) is 9.27. The van der Waals surface area contributed by atoms with E-state index in [9.17, 15) is 0 Å². The third-order valence-electron chi connectivity index (χ3n) is 1.03. The summed E-state index contributed by atoms with van der Waals surface area (Å²) in [4.78, 5) is 0. The van der Waals surface area contributed by atoms with Gasteiger partial charge in [-0.2, -0.15) is 0 Å². The van der Waals surface area contributed by atoms with E-state index in [1.54, 1.807) is 11.8 Å². The van der Waals surface area contributed by atoms with E-state index in [0.29, 0.717) is 0 Å². The topological polar surface area (TPSA) is 32.3 Å². The molecule has 3 heteroatoms. The van der Waals surface area contributed by atoms with Crippen LogP contribution < -0.4 is 5.32 Å². The van der Waals surface area contributed by atoms with Crippen LogP contribution in [0.5, 0.6) is 0 Å². The molecule has 0 bridgehead atoms. The van der Waals surface area contributed by atoms with Crippen molar-refractivity contribution >= 4 is 11.8 Å². The average Bonchev–Trinajstić information content (AvgIpc) is 1.89. The second kappa shape index (κ2) is 6.39. The van der Waals surface area contributed by atoms with Gasteiger partial charge in [-0.25, -0.2) is 0 Å². The van der Waals surface area contributed by atoms with E-state index in [1.165, 1.54) is 0 Å². The number of aliphatic hydroxyl groups is 1. The minimum Gasteiger partial charge on any atom is -0.392 e. The first-order valence-corrected chi connectivity index (χ1v) is 4.37. The Morgan fingerprint density at radius 1 is 1.67 bits per heavy atom. The number of rotatable bonds is 5. The van der Waals surface area contributed by atoms with Gasteiger partial charge >= 0.3 is 0 Å². The fourth-order valence-corrected chi connectivity index (χ4v) is 1.24. The highest BCUT2D eigenvalue weighted by molar-refractivity contribution is 7.99. The summed E-state index contributed by atoms with van der Waals surface area (Å²) in [6, 6.07) is 0. The molecule has 9 heavy (non-hydrogen) atoms. The highest BCUT2D eigenvalue weighted by Gasteiger charge is 1.97. The van der Waals surface area contributed by atoms with Crippen LogP contribution in [0.3, 0.4) is 0 Å². The fraction of sp³-hybridized carbons (Fsp3) is 1.00. The summed E-state index contributed by atoms with van der Waals surface area (Å²) in [6.07, 6.45) is 0.736. The Morgan fingerprint density at radius 3 is 2.78 bits per heavy atom. The van der Waals surface area contributed by atoms with Gasteiger partial charge in [-0.15, -0.1) is 11.8 Å². The number of hydrogen-bond donors (Lipinski definition) is 2. The smallest absolute Gasteiger partial charge is 0.0628 e. The lowest BCUT2D eigenvalue weighted by atomic mass is 10.3. The van der Waals surface area contributed by atoms with E-state index in [2.05, 4.69) is 5.32 Å². The lowest BCUT2D eigenvalue weighted by Crippen LogP contribution is -2.11. The number of thioether (sulfide) groups is 1. The average molecular weight is 149 g/mol. The summed E-state index contributed by atoms with van der Waals surface area (Å²) in [5.74, 6) is 1.77. The van der Waals surface area contributed by atoms with E-state index in [0.717, 1.165) is 18.1 Å². The molecule has 1 atom stereocenters. The minimum absolute atomic E-state index is 0.122. The van der Waals surface area contributed by atoms with Crippen LogP contribution in [0.4, 0.5) is 0 Å². The number of nitrogens with one attached hydrogen (secondary N) is 1. The normalized spacial score (nSPS) is 13.7. The van der Waals surface area contributed by atoms with Crippen molar-refractivity contribution in [3.8, 4) is 0 Å². The highest BCUT2D eigenvalue weighted by Crippen LogP contribution is 2.02. The molecule has 1 unspecified atom stereocenters. The number of hydrogen-bond acceptors (Lipinski definition) is 3. The monoisotopic (exact) mass is 149 g/mol. The predicted molar refractivity (Wildman–Crippen MR) is 42.7 cm³/mol. The molecule has 56 valence electrons. The molecule has 0 rings (SSSR count). The zero-order valence-corrected chi connectivity index (χ0v) is 6.87. The van der Waals surface area contributed by atoms with Gasteiger partial charge in [0.15, 0.2) is 0 Å². The van der Waals surface area contributed by atoms with Gasteiger partial charge < -0.3 is 10.4 Å². The second-order valence-electron chi connectivity index (χ2n) is 1.93. The molecule has 0 aromatic heterocycles. The van der Waals surface area contributed by atoms with E-state index in [-0.39, 0.29) is 6.10 Å². The molecular weight excluding hydrogens is 134 g/mol. The molecule has 2 nitrogen and oxygen atoms in total. The molecule has 0 amide bonds. The third kappa shape index (κ3) is 6.15. The van der Waals surface area contributed by atoms with Crippen LogP contribution in [-0.4, -0.2) is 29.9 Å². The largest absolute Gasteiger partial charge is 0.392 e. The zero-order valence-electron chi connectivity index (χ0n) is 6.05. The summed E-state index contributed by atoms with van der Waals surface area (Å²) in [5.41, 5.74) is 0. The molecule has 0 aliphatic carbocycles. The van der Waals surface area contributed by atoms with Gasteiger partial charge in [0.05, 0.1) is 6.10 Å². The van der Waals surface area contributed by atoms with Crippen molar-refractivity contribution in [2.24, 2.45) is 0 Å². The summed E-state index contributed by atoms with van der Waals surface area (Å²) < 4.78 is 0. The van der Waals surface area contributed by atoms with Crippen molar-refractivity contribution in [2.75, 3.05) is 18.7 Å². The molecule has 2 N–H and O–H groups in total. The van der Waals surface area contributed by atoms with E-state index in [4.69, 9.17) is 5.11 Å². The highest BCUT2D eigenvalue weighted by atomic mass is 32.2. The predicted octanol–water partition coefficient (Wildman–Crippen LogP) is 0.667. The second-order valence-corrected chi connectivity index (χ2v) is 2.96. The summed E-state index contributed by atoms with van der Waals surface area (Å²) >= 11 is 1.72. The first-order chi connectivity index (χ1) is 4.31. The molecule has 0 saturated carbocycles. The molecule has 0 heterocycles. The lowest BCUT2D eigenvalue weighted by Gasteiger charge is -2.05. The van der Waals surface area contributed by atoms with Crippen molar-refractivity contribution in [1.82, 2.24) is 5.32 Å². The molecule has 0 fully saturated rings. The standard InChI is InChI=1S/C6H15NOS/c1-3-6(8)4-9-5-7-2/h6-8H,3-5H2,1-2H3. The van der Waals surface area contributed by atoms with Gasteiger partial charge in [-0.3, -0.25) is 0 Å². The Balaban J connectivity index is 2.88. The van der Waals surface area contributed by atoms with Gasteiger partial charge in [0.2, 0.25) is 0 Å². The van der Waals surface area contributed by atoms with Gasteiger partial charge in [0, 0.05) is 11.6 Å². The van der Waals surface area contributed by atoms with Crippen LogP contribution in [0.25, 0.3) is 0 Å². The maximum absolute atomic E-state index is 9.04. The SMILES string of the molecule is CCC(O)CSCNC. The molecule has 0 saturated heterocycles. The van der Waals surface area contributed by atoms with Crippen LogP contribution in [0.2, 0.25) is 0 Å². The first-order valence-electron chi connectivity index (χ1n) is 3.21. The molecule has 0 aromatic carbocycles. The van der Waals surface area contributed by atoms with Gasteiger partial charge in [0.25, 0.3) is 0 Å². The summed E-state index contributed by atoms with van der Waals surface area (Å²) in [5, 5.41) is 12.0. The molecule has 0 spiro atoms. The van der Waals surface area contributed by atoms with E-state index >= 15 is 0 Å². The van der Waals surface area contributed by atoms with Crippen molar-refractivity contribution < 1.29 is 5.11 Å². The Hall–Kier alpha value is 0.270. The van der Waals surface area contributed by atoms with Gasteiger partial charge in [-0.1, -0.05) is 6.92 Å². The molecular formula is C6H15NOS. The maximum atomic E-state index is 9.04. The van der Waals surface area contributed by atoms with Crippen LogP contribution >= 0.6 is 11.8 Å². The Bertz CT molecular complexity index is 61.0. The van der Waals surface area contributed by atoms with Crippen molar-refractivity contribution in [3.63, 3.8) is 0 Å². The summed E-state index contributed by atoms with van der Waals surface area (Å²) in [6.45, 7) is 1.99. The Kier molecular flexibility index (Phi) is 6.58. The molecule has 0 aromatic rings. The minimum atomic E-state index is -0.122. The molecule has 0 aliphatic heterocycles. The van der Waals surface area contributed by atoms with Crippen molar-refractivity contribution in [3.05, 3.63) is 0 Å². The maximum Gasteiger partial charge on any atom is 0.0628 e. The van der Waals surface area contributed by atoms with Gasteiger partial charge in [-0.05, 0) is 13.5 Å². The number of aliphatic hydroxyl groups excluding tert-OH is 1. The van der Waals surface area contributed by atoms with Crippen molar-refractivity contribution in [2.45, 2.75) is 19.4 Å². The third-order valence-corrected chi connectivity index (χ3v) is 2.14. The van der Waals surface area contributed by atoms with Crippen LogP contribution in [-0.2, 0) is 0 Å². The Labute approximate surface area is 61.0 Å². The lowest BCUT2D eigenvalue weighted by molar-refractivity contribution is 0.195. The zero-order chi connectivity index (χ0) is 7.11. The summed E-state index contributed by atoms with van der Waals surface area (Å²) in [7, 11) is 1.91. The fourth-order valence-electron chi connectivity index (χ4n) is 0.415. The molecule has 0 aliphatic rings. The van der Waals surface area contributed by atoms with Crippen LogP contribution in [0, 0.1) is 0 Å².